The van der Waals surface area contributed by atoms with Gasteiger partial charge in [0.25, 0.3) is 5.91 Å². The number of allylic oxidation sites excluding steroid dienone is 1. The first kappa shape index (κ1) is 48.8. The molecule has 0 aliphatic carbocycles. The molecule has 0 spiro atoms. The van der Waals surface area contributed by atoms with Crippen LogP contribution in [-0.2, 0) is 39.9 Å². The molecule has 0 radical (unpaired) electrons. The van der Waals surface area contributed by atoms with Crippen molar-refractivity contribution in [3.05, 3.63) is 58.1 Å². The van der Waals surface area contributed by atoms with Crippen LogP contribution >= 0.6 is 22.9 Å². The molecule has 1 saturated heterocycles. The SMILES string of the molecule is CCC(C)[C@H](NC(=O)[C@H]1CCCCN1C)C(=O)N(COC(=O)C=CCCl)[C@H](C[C@@H](OC(C)=O)c1nc(C(=O)N[C@@H](Cc2ccc(O)cc2)C[C@H](C)C(=O)O)cs1)C(C)C. The highest BCUT2D eigenvalue weighted by molar-refractivity contribution is 7.09. The number of ether oxygens (including phenoxy) is 2. The van der Waals surface area contributed by atoms with E-state index in [1.807, 2.05) is 39.6 Å². The second kappa shape index (κ2) is 23.9. The van der Waals surface area contributed by atoms with Crippen LogP contribution in [0.25, 0.3) is 0 Å². The minimum absolute atomic E-state index is 0.00122. The number of esters is 2. The maximum Gasteiger partial charge on any atom is 0.332 e. The van der Waals surface area contributed by atoms with Gasteiger partial charge in [-0.15, -0.1) is 22.9 Å². The largest absolute Gasteiger partial charge is 0.508 e. The van der Waals surface area contributed by atoms with Gasteiger partial charge in [-0.2, -0.15) is 0 Å². The standard InChI is InChI=1S/C42H60ClN5O10S/c1-8-26(4)37(46-39(53)33-12-9-10-19-47(33)7)41(54)48(24-57-36(51)13-11-18-43)34(25(2)3)22-35(58-28(6)49)40-45-32(23-59-40)38(52)44-30(20-27(5)42(55)56)21-29-14-16-31(50)17-15-29/h11,13-17,23,25-27,30,33-35,37,50H,8-10,12,18-22,24H2,1-7H3,(H,44,52)(H,46,53)(H,55,56)/t26?,27-,30+,33+,34+,35+,37-/m0/s1. The first-order valence-electron chi connectivity index (χ1n) is 20.1. The Kier molecular flexibility index (Phi) is 19.8. The Morgan fingerprint density at radius 3 is 2.36 bits per heavy atom. The van der Waals surface area contributed by atoms with E-state index < -0.39 is 72.6 Å². The molecule has 326 valence electrons. The minimum Gasteiger partial charge on any atom is -0.508 e. The van der Waals surface area contributed by atoms with Gasteiger partial charge in [-0.1, -0.05) is 65.7 Å². The molecule has 3 rings (SSSR count). The summed E-state index contributed by atoms with van der Waals surface area (Å²) < 4.78 is 11.4. The number of carboxylic acids is 1. The number of aromatic nitrogens is 1. The number of benzene rings is 1. The number of nitrogens with one attached hydrogen (secondary N) is 2. The van der Waals surface area contributed by atoms with E-state index in [4.69, 9.17) is 21.1 Å². The van der Waals surface area contributed by atoms with E-state index in [0.29, 0.717) is 19.3 Å². The number of hydrogen-bond acceptors (Lipinski definition) is 12. The summed E-state index contributed by atoms with van der Waals surface area (Å²) in [5.41, 5.74) is 0.790. The number of likely N-dealkylation sites (tertiary alicyclic amines) is 1. The maximum atomic E-state index is 14.8. The third kappa shape index (κ3) is 15.2. The Morgan fingerprint density at radius 2 is 1.76 bits per heavy atom. The number of rotatable bonds is 22. The van der Waals surface area contributed by atoms with Gasteiger partial charge in [0.2, 0.25) is 11.8 Å². The van der Waals surface area contributed by atoms with E-state index in [1.165, 1.54) is 35.4 Å². The van der Waals surface area contributed by atoms with Crippen LogP contribution in [0.5, 0.6) is 5.75 Å². The topological polar surface area (TPSA) is 205 Å². The lowest BCUT2D eigenvalue weighted by Gasteiger charge is -2.39. The third-order valence-electron chi connectivity index (χ3n) is 10.6. The fourth-order valence-electron chi connectivity index (χ4n) is 6.98. The number of halogens is 1. The molecule has 1 aliphatic rings. The van der Waals surface area contributed by atoms with Crippen molar-refractivity contribution in [1.82, 2.24) is 25.4 Å². The smallest absolute Gasteiger partial charge is 0.332 e. The van der Waals surface area contributed by atoms with E-state index in [0.717, 1.165) is 42.4 Å². The predicted molar refractivity (Wildman–Crippen MR) is 224 cm³/mol. The molecule has 1 aromatic heterocycles. The minimum atomic E-state index is -1.04. The number of carboxylic acid groups (broad SMARTS) is 1. The van der Waals surface area contributed by atoms with Crippen LogP contribution in [0.4, 0.5) is 0 Å². The number of piperidine rings is 1. The van der Waals surface area contributed by atoms with Crippen molar-refractivity contribution in [2.45, 2.75) is 117 Å². The normalized spacial score (nSPS) is 17.6. The number of alkyl halides is 1. The molecule has 15 nitrogen and oxygen atoms in total. The molecule has 1 fully saturated rings. The van der Waals surface area contributed by atoms with Crippen LogP contribution in [0.2, 0.25) is 0 Å². The first-order chi connectivity index (χ1) is 27.9. The van der Waals surface area contributed by atoms with Crippen LogP contribution in [0.15, 0.2) is 41.8 Å². The number of likely N-dealkylation sites (N-methyl/N-ethyl adjacent to an activating group) is 1. The van der Waals surface area contributed by atoms with Gasteiger partial charge in [-0.3, -0.25) is 28.9 Å². The Balaban J connectivity index is 1.96. The molecule has 1 aliphatic heterocycles. The summed E-state index contributed by atoms with van der Waals surface area (Å²) in [7, 11) is 1.89. The van der Waals surface area contributed by atoms with E-state index in [2.05, 4.69) is 15.6 Å². The molecule has 7 atom stereocenters. The summed E-state index contributed by atoms with van der Waals surface area (Å²) >= 11 is 6.81. The Hall–Kier alpha value is -4.54. The summed E-state index contributed by atoms with van der Waals surface area (Å²) in [4.78, 5) is 87.0. The lowest BCUT2D eigenvalue weighted by molar-refractivity contribution is -0.157. The van der Waals surface area contributed by atoms with Gasteiger partial charge in [-0.25, -0.2) is 9.78 Å². The second-order valence-electron chi connectivity index (χ2n) is 15.6. The van der Waals surface area contributed by atoms with Crippen LogP contribution in [-0.4, -0.2) is 111 Å². The van der Waals surface area contributed by atoms with Gasteiger partial charge in [0.05, 0.1) is 12.0 Å². The molecule has 3 amide bonds. The van der Waals surface area contributed by atoms with E-state index >= 15 is 0 Å². The summed E-state index contributed by atoms with van der Waals surface area (Å²) in [6, 6.07) is 3.70. The molecule has 4 N–H and O–H groups in total. The van der Waals surface area contributed by atoms with Crippen LogP contribution in [0.3, 0.4) is 0 Å². The molecule has 17 heteroatoms. The van der Waals surface area contributed by atoms with Crippen molar-refractivity contribution in [1.29, 1.82) is 0 Å². The second-order valence-corrected chi connectivity index (χ2v) is 16.8. The number of phenols is 1. The number of thiazole rings is 1. The maximum absolute atomic E-state index is 14.8. The number of carbonyl (C=O) groups excluding carboxylic acids is 5. The zero-order chi connectivity index (χ0) is 43.8. The fourth-order valence-corrected chi connectivity index (χ4v) is 7.91. The highest BCUT2D eigenvalue weighted by Crippen LogP contribution is 2.32. The fraction of sp³-hybridized carbons (Fsp3) is 0.595. The summed E-state index contributed by atoms with van der Waals surface area (Å²) in [6.07, 6.45) is 5.02. The number of nitrogens with zero attached hydrogens (tertiary/aromatic N) is 3. The van der Waals surface area contributed by atoms with Crippen molar-refractivity contribution in [3.63, 3.8) is 0 Å². The molecule has 2 aromatic rings. The van der Waals surface area contributed by atoms with Gasteiger partial charge in [-0.05, 0) is 68.8 Å². The average molecular weight is 862 g/mol. The van der Waals surface area contributed by atoms with Crippen molar-refractivity contribution in [3.8, 4) is 5.75 Å². The number of hydrogen-bond donors (Lipinski definition) is 4. The van der Waals surface area contributed by atoms with Gasteiger partial charge >= 0.3 is 17.9 Å². The zero-order valence-electron chi connectivity index (χ0n) is 35.0. The predicted octanol–water partition coefficient (Wildman–Crippen LogP) is 5.46. The molecular weight excluding hydrogens is 802 g/mol. The van der Waals surface area contributed by atoms with E-state index in [-0.39, 0.29) is 52.9 Å². The van der Waals surface area contributed by atoms with Crippen LogP contribution in [0, 0.1) is 17.8 Å². The molecule has 59 heavy (non-hydrogen) atoms. The molecule has 1 unspecified atom stereocenters. The van der Waals surface area contributed by atoms with Crippen molar-refractivity contribution < 1.29 is 48.5 Å². The van der Waals surface area contributed by atoms with Crippen LogP contribution in [0.1, 0.15) is 107 Å². The summed E-state index contributed by atoms with van der Waals surface area (Å²) in [6.45, 7) is 10.6. The molecular formula is C42H60ClN5O10S. The van der Waals surface area contributed by atoms with Crippen molar-refractivity contribution in [2.24, 2.45) is 17.8 Å². The Bertz CT molecular complexity index is 1750. The quantitative estimate of drug-likeness (QED) is 0.0505. The highest BCUT2D eigenvalue weighted by Gasteiger charge is 2.39. The lowest BCUT2D eigenvalue weighted by Crippen LogP contribution is -2.59. The monoisotopic (exact) mass is 861 g/mol. The van der Waals surface area contributed by atoms with Gasteiger partial charge in [0, 0.05) is 42.8 Å². The molecule has 0 saturated carbocycles. The van der Waals surface area contributed by atoms with Gasteiger partial charge < -0.3 is 35.2 Å². The Morgan fingerprint density at radius 1 is 1.07 bits per heavy atom. The van der Waals surface area contributed by atoms with E-state index in [9.17, 15) is 39.0 Å². The number of phenolic OH excluding ortho intramolecular Hbond substituents is 1. The average Bonchev–Trinajstić information content (AvgIpc) is 3.69. The number of aromatic hydroxyl groups is 1. The zero-order valence-corrected chi connectivity index (χ0v) is 36.6. The van der Waals surface area contributed by atoms with Gasteiger partial charge in [0.15, 0.2) is 12.8 Å². The first-order valence-corrected chi connectivity index (χ1v) is 21.5. The number of carbonyl (C=O) groups is 6. The van der Waals surface area contributed by atoms with E-state index in [1.54, 1.807) is 19.1 Å². The van der Waals surface area contributed by atoms with Crippen LogP contribution < -0.4 is 10.6 Å². The summed E-state index contributed by atoms with van der Waals surface area (Å²) in [5, 5.41) is 27.0. The number of aliphatic carboxylic acids is 1. The Labute approximate surface area is 355 Å². The molecule has 2 heterocycles. The van der Waals surface area contributed by atoms with Gasteiger partial charge in [0.1, 0.15) is 22.5 Å². The molecule has 0 bridgehead atoms. The van der Waals surface area contributed by atoms with Crippen molar-refractivity contribution >= 4 is 58.6 Å². The highest BCUT2D eigenvalue weighted by atomic mass is 35.5. The third-order valence-corrected chi connectivity index (χ3v) is 11.7. The molecule has 1 aromatic carbocycles. The number of amides is 3. The van der Waals surface area contributed by atoms with Crippen molar-refractivity contribution in [2.75, 3.05) is 26.2 Å². The summed E-state index contributed by atoms with van der Waals surface area (Å²) in [5.74, 6) is -4.91. The lowest BCUT2D eigenvalue weighted by atomic mass is 9.92.